The number of benzene rings is 1. The number of aromatic hydroxyl groups is 1. The fourth-order valence-electron chi connectivity index (χ4n) is 1.42. The van der Waals surface area contributed by atoms with Crippen LogP contribution in [0, 0.1) is 0 Å². The van der Waals surface area contributed by atoms with E-state index in [1.807, 2.05) is 19.1 Å². The average Bonchev–Trinajstić information content (AvgIpc) is 2.18. The lowest BCUT2D eigenvalue weighted by Crippen LogP contribution is -1.96. The Kier molecular flexibility index (Phi) is 4.08. The van der Waals surface area contributed by atoms with Crippen LogP contribution in [0.15, 0.2) is 18.2 Å². The SMILES string of the molecule is COc1cccc(C(C)CCCl)c1O. The molecule has 0 heterocycles. The fourth-order valence-corrected chi connectivity index (χ4v) is 1.75. The first-order valence-corrected chi connectivity index (χ1v) is 5.16. The van der Waals surface area contributed by atoms with Crippen molar-refractivity contribution >= 4 is 11.6 Å². The van der Waals surface area contributed by atoms with Crippen molar-refractivity contribution in [3.63, 3.8) is 0 Å². The molecule has 0 aliphatic carbocycles. The second-order valence-corrected chi connectivity index (χ2v) is 3.65. The Morgan fingerprint density at radius 3 is 2.79 bits per heavy atom. The first kappa shape index (κ1) is 11.2. The third-order valence-corrected chi connectivity index (χ3v) is 2.54. The first-order valence-electron chi connectivity index (χ1n) is 4.62. The molecule has 0 saturated carbocycles. The molecule has 1 unspecified atom stereocenters. The molecule has 3 heteroatoms. The average molecular weight is 215 g/mol. The molecule has 0 amide bonds. The molecule has 78 valence electrons. The molecule has 1 rings (SSSR count). The number of halogens is 1. The molecule has 0 spiro atoms. The molecule has 1 atom stereocenters. The van der Waals surface area contributed by atoms with Crippen LogP contribution in [0.3, 0.4) is 0 Å². The Morgan fingerprint density at radius 2 is 2.21 bits per heavy atom. The Balaban J connectivity index is 2.96. The van der Waals surface area contributed by atoms with Gasteiger partial charge in [-0.3, -0.25) is 0 Å². The van der Waals surface area contributed by atoms with Crippen molar-refractivity contribution in [3.05, 3.63) is 23.8 Å². The smallest absolute Gasteiger partial charge is 0.161 e. The van der Waals surface area contributed by atoms with E-state index in [1.165, 1.54) is 0 Å². The summed E-state index contributed by atoms with van der Waals surface area (Å²) in [6, 6.07) is 5.51. The van der Waals surface area contributed by atoms with Crippen LogP contribution in [0.5, 0.6) is 11.5 Å². The number of rotatable bonds is 4. The van der Waals surface area contributed by atoms with Crippen LogP contribution in [-0.2, 0) is 0 Å². The first-order chi connectivity index (χ1) is 6.70. The monoisotopic (exact) mass is 214 g/mol. The maximum absolute atomic E-state index is 9.82. The van der Waals surface area contributed by atoms with E-state index in [4.69, 9.17) is 16.3 Å². The number of hydrogen-bond acceptors (Lipinski definition) is 2. The topological polar surface area (TPSA) is 29.5 Å². The maximum atomic E-state index is 9.82. The zero-order valence-electron chi connectivity index (χ0n) is 8.46. The van der Waals surface area contributed by atoms with Crippen LogP contribution in [0.25, 0.3) is 0 Å². The van der Waals surface area contributed by atoms with Gasteiger partial charge in [-0.1, -0.05) is 19.1 Å². The number of ether oxygens (including phenoxy) is 1. The van der Waals surface area contributed by atoms with Gasteiger partial charge in [-0.2, -0.15) is 0 Å². The normalized spacial score (nSPS) is 12.5. The fraction of sp³-hybridized carbons (Fsp3) is 0.455. The Bertz CT molecular complexity index is 299. The van der Waals surface area contributed by atoms with Crippen molar-refractivity contribution in [2.75, 3.05) is 13.0 Å². The van der Waals surface area contributed by atoms with E-state index in [-0.39, 0.29) is 11.7 Å². The summed E-state index contributed by atoms with van der Waals surface area (Å²) in [6.07, 6.45) is 0.849. The van der Waals surface area contributed by atoms with Crippen LogP contribution >= 0.6 is 11.6 Å². The van der Waals surface area contributed by atoms with E-state index in [0.29, 0.717) is 11.6 Å². The van der Waals surface area contributed by atoms with Gasteiger partial charge in [-0.25, -0.2) is 0 Å². The predicted octanol–water partition coefficient (Wildman–Crippen LogP) is 3.13. The van der Waals surface area contributed by atoms with Crippen LogP contribution in [0.1, 0.15) is 24.8 Å². The van der Waals surface area contributed by atoms with Crippen LogP contribution < -0.4 is 4.74 Å². The van der Waals surface area contributed by atoms with E-state index >= 15 is 0 Å². The summed E-state index contributed by atoms with van der Waals surface area (Å²) in [5.74, 6) is 1.59. The van der Waals surface area contributed by atoms with Gasteiger partial charge in [0.15, 0.2) is 11.5 Å². The number of para-hydroxylation sites is 1. The summed E-state index contributed by atoms with van der Waals surface area (Å²) >= 11 is 5.66. The van der Waals surface area contributed by atoms with Crippen LogP contribution in [0.2, 0.25) is 0 Å². The molecule has 2 nitrogen and oxygen atoms in total. The van der Waals surface area contributed by atoms with E-state index in [9.17, 15) is 5.11 Å². The van der Waals surface area contributed by atoms with Gasteiger partial charge in [0.25, 0.3) is 0 Å². The molecule has 0 aromatic heterocycles. The third kappa shape index (κ3) is 2.32. The summed E-state index contributed by atoms with van der Waals surface area (Å²) in [4.78, 5) is 0. The zero-order chi connectivity index (χ0) is 10.6. The van der Waals surface area contributed by atoms with Gasteiger partial charge in [0.2, 0.25) is 0 Å². The Labute approximate surface area is 89.5 Å². The number of phenolic OH excluding ortho intramolecular Hbond substituents is 1. The van der Waals surface area contributed by atoms with Crippen molar-refractivity contribution < 1.29 is 9.84 Å². The number of methoxy groups -OCH3 is 1. The number of phenols is 1. The van der Waals surface area contributed by atoms with E-state index in [0.717, 1.165) is 12.0 Å². The highest BCUT2D eigenvalue weighted by molar-refractivity contribution is 6.17. The summed E-state index contributed by atoms with van der Waals surface area (Å²) in [7, 11) is 1.55. The van der Waals surface area contributed by atoms with Crippen molar-refractivity contribution in [1.29, 1.82) is 0 Å². The maximum Gasteiger partial charge on any atom is 0.161 e. The molecule has 0 radical (unpaired) electrons. The lowest BCUT2D eigenvalue weighted by Gasteiger charge is -2.13. The lowest BCUT2D eigenvalue weighted by molar-refractivity contribution is 0.368. The summed E-state index contributed by atoms with van der Waals surface area (Å²) in [5, 5.41) is 9.82. The van der Waals surface area contributed by atoms with E-state index in [1.54, 1.807) is 13.2 Å². The summed E-state index contributed by atoms with van der Waals surface area (Å²) in [5.41, 5.74) is 0.894. The Hall–Kier alpha value is -0.890. The second-order valence-electron chi connectivity index (χ2n) is 3.28. The van der Waals surface area contributed by atoms with Gasteiger partial charge in [0.1, 0.15) is 0 Å². The highest BCUT2D eigenvalue weighted by atomic mass is 35.5. The lowest BCUT2D eigenvalue weighted by atomic mass is 9.97. The van der Waals surface area contributed by atoms with Crippen molar-refractivity contribution in [2.45, 2.75) is 19.3 Å². The van der Waals surface area contributed by atoms with E-state index in [2.05, 4.69) is 0 Å². The zero-order valence-corrected chi connectivity index (χ0v) is 9.21. The summed E-state index contributed by atoms with van der Waals surface area (Å²) in [6.45, 7) is 2.04. The van der Waals surface area contributed by atoms with E-state index < -0.39 is 0 Å². The standard InChI is InChI=1S/C11H15ClO2/c1-8(6-7-12)9-4-3-5-10(14-2)11(9)13/h3-5,8,13H,6-7H2,1-2H3. The van der Waals surface area contributed by atoms with Gasteiger partial charge >= 0.3 is 0 Å². The quantitative estimate of drug-likeness (QED) is 0.781. The number of alkyl halides is 1. The highest BCUT2D eigenvalue weighted by Gasteiger charge is 2.12. The van der Waals surface area contributed by atoms with Gasteiger partial charge in [-0.15, -0.1) is 11.6 Å². The molecule has 14 heavy (non-hydrogen) atoms. The van der Waals surface area contributed by atoms with Crippen molar-refractivity contribution in [1.82, 2.24) is 0 Å². The molecular formula is C11H15ClO2. The van der Waals surface area contributed by atoms with Gasteiger partial charge in [0, 0.05) is 11.4 Å². The minimum absolute atomic E-state index is 0.229. The molecule has 0 aliphatic rings. The molecule has 1 N–H and O–H groups in total. The van der Waals surface area contributed by atoms with Crippen molar-refractivity contribution in [2.24, 2.45) is 0 Å². The van der Waals surface area contributed by atoms with Crippen LogP contribution in [0.4, 0.5) is 0 Å². The summed E-state index contributed by atoms with van der Waals surface area (Å²) < 4.78 is 5.03. The molecule has 0 bridgehead atoms. The van der Waals surface area contributed by atoms with Gasteiger partial charge in [-0.05, 0) is 18.4 Å². The largest absolute Gasteiger partial charge is 0.504 e. The molecule has 0 aliphatic heterocycles. The predicted molar refractivity (Wildman–Crippen MR) is 58.4 cm³/mol. The second kappa shape index (κ2) is 5.11. The van der Waals surface area contributed by atoms with Gasteiger partial charge in [0.05, 0.1) is 7.11 Å². The molecule has 1 aromatic carbocycles. The minimum Gasteiger partial charge on any atom is -0.504 e. The highest BCUT2D eigenvalue weighted by Crippen LogP contribution is 2.35. The van der Waals surface area contributed by atoms with Crippen molar-refractivity contribution in [3.8, 4) is 11.5 Å². The molecular weight excluding hydrogens is 200 g/mol. The van der Waals surface area contributed by atoms with Crippen LogP contribution in [-0.4, -0.2) is 18.1 Å². The molecule has 0 saturated heterocycles. The molecule has 1 aromatic rings. The molecule has 0 fully saturated rings. The Morgan fingerprint density at radius 1 is 1.50 bits per heavy atom. The third-order valence-electron chi connectivity index (χ3n) is 2.32. The minimum atomic E-state index is 0.229. The number of hydrogen-bond donors (Lipinski definition) is 1. The van der Waals surface area contributed by atoms with Gasteiger partial charge < -0.3 is 9.84 Å².